The van der Waals surface area contributed by atoms with Gasteiger partial charge < -0.3 is 19.3 Å². The fourth-order valence-electron chi connectivity index (χ4n) is 5.75. The molecule has 3 aromatic rings. The summed E-state index contributed by atoms with van der Waals surface area (Å²) in [7, 11) is 0. The van der Waals surface area contributed by atoms with Crippen molar-refractivity contribution in [2.75, 3.05) is 39.6 Å². The number of ketones is 1. The second-order valence-electron chi connectivity index (χ2n) is 12.2. The average molecular weight is 821 g/mol. The molecular weight excluding hydrogens is 778 g/mol. The number of carbonyl (C=O) groups is 2. The Labute approximate surface area is 334 Å². The van der Waals surface area contributed by atoms with Gasteiger partial charge in [-0.05, 0) is 92.7 Å². The maximum absolute atomic E-state index is 11.7. The van der Waals surface area contributed by atoms with Gasteiger partial charge in [0.2, 0.25) is 0 Å². The van der Waals surface area contributed by atoms with Gasteiger partial charge in [0.05, 0.1) is 24.3 Å². The van der Waals surface area contributed by atoms with E-state index < -0.39 is 5.97 Å². The number of hydrogen-bond acceptors (Lipinski definition) is 8. The van der Waals surface area contributed by atoms with Gasteiger partial charge in [-0.25, -0.2) is 26.9 Å². The molecule has 3 saturated heterocycles. The number of carbonyl (C=O) groups excluding carboxylic acids is 1. The van der Waals surface area contributed by atoms with Crippen LogP contribution in [-0.2, 0) is 59.8 Å². The molecule has 267 valence electrons. The van der Waals surface area contributed by atoms with Crippen LogP contribution in [0, 0.1) is 17.9 Å². The van der Waals surface area contributed by atoms with Crippen LogP contribution in [0.2, 0.25) is 15.5 Å². The van der Waals surface area contributed by atoms with Gasteiger partial charge in [-0.1, -0.05) is 47.3 Å². The standard InChI is InChI=1S/C14H18ClNO2.C12H14ClNO3.C11H11ClNO.Y/c1-2-13(17)12-8-11(9-16-14(12)15)7-10-3-5-18-6-4-10;13-11-10(12(15)16)6-9(7-14-11)5-8-1-3-17-4-2-8;12-11-2-1-10(8-13-11)7-9-3-5-14-6-4-9;/h8-10H,2-7H2,1H3;6-8H,1-5H2,(H,15,16);1,7-8H,3-6H2;/q;;-1;. The number of nitrogens with zero attached hydrogens (tertiary/aromatic N) is 3. The van der Waals surface area contributed by atoms with Crippen molar-refractivity contribution < 1.29 is 61.6 Å². The average Bonchev–Trinajstić information content (AvgIpc) is 3.12. The summed E-state index contributed by atoms with van der Waals surface area (Å²) in [4.78, 5) is 34.7. The van der Waals surface area contributed by atoms with E-state index >= 15 is 0 Å². The van der Waals surface area contributed by atoms with Crippen molar-refractivity contribution >= 4 is 52.6 Å². The van der Waals surface area contributed by atoms with E-state index in [9.17, 15) is 9.59 Å². The zero-order chi connectivity index (χ0) is 35.0. The van der Waals surface area contributed by atoms with E-state index in [0.717, 1.165) is 108 Å². The minimum Gasteiger partial charge on any atom is -0.478 e. The van der Waals surface area contributed by atoms with E-state index in [0.29, 0.717) is 34.1 Å². The van der Waals surface area contributed by atoms with Gasteiger partial charge in [0.25, 0.3) is 0 Å². The van der Waals surface area contributed by atoms with Crippen molar-refractivity contribution in [1.29, 1.82) is 0 Å². The summed E-state index contributed by atoms with van der Waals surface area (Å²) in [6, 6.07) is 8.24. The molecule has 3 fully saturated rings. The number of hydrogen-bond donors (Lipinski definition) is 1. The van der Waals surface area contributed by atoms with Crippen LogP contribution < -0.4 is 0 Å². The molecule has 9 nitrogen and oxygen atoms in total. The first-order valence-corrected chi connectivity index (χ1v) is 17.9. The molecule has 0 aromatic carbocycles. The van der Waals surface area contributed by atoms with Crippen LogP contribution in [0.1, 0.15) is 89.3 Å². The molecule has 0 amide bonds. The summed E-state index contributed by atoms with van der Waals surface area (Å²) in [6.07, 6.45) is 15.8. The number of aromatic carboxylic acids is 1. The molecule has 0 atom stereocenters. The van der Waals surface area contributed by atoms with E-state index in [2.05, 4.69) is 27.1 Å². The summed E-state index contributed by atoms with van der Waals surface area (Å²) >= 11 is 17.3. The summed E-state index contributed by atoms with van der Waals surface area (Å²) in [5.74, 6) is 0.206. The number of ether oxygens (including phenoxy) is 3. The minimum absolute atomic E-state index is 0. The smallest absolute Gasteiger partial charge is 0.338 e. The van der Waals surface area contributed by atoms with Crippen molar-refractivity contribution in [1.82, 2.24) is 15.0 Å². The monoisotopic (exact) mass is 819 g/mol. The van der Waals surface area contributed by atoms with Gasteiger partial charge in [0, 0.05) is 83.1 Å². The van der Waals surface area contributed by atoms with Crippen LogP contribution in [0.4, 0.5) is 0 Å². The summed E-state index contributed by atoms with van der Waals surface area (Å²) in [5, 5.41) is 9.73. The Morgan fingerprint density at radius 2 is 1.30 bits per heavy atom. The minimum atomic E-state index is -1.03. The topological polar surface area (TPSA) is 121 Å². The normalized spacial score (nSPS) is 16.5. The second-order valence-corrected chi connectivity index (χ2v) is 13.3. The Balaban J connectivity index is 0.000000202. The van der Waals surface area contributed by atoms with Gasteiger partial charge >= 0.3 is 5.97 Å². The van der Waals surface area contributed by atoms with Gasteiger partial charge in [0.1, 0.15) is 10.3 Å². The molecule has 0 spiro atoms. The molecule has 50 heavy (non-hydrogen) atoms. The third-order valence-corrected chi connectivity index (χ3v) is 9.37. The van der Waals surface area contributed by atoms with Crippen molar-refractivity contribution in [3.8, 4) is 0 Å². The quantitative estimate of drug-likeness (QED) is 0.136. The van der Waals surface area contributed by atoms with Crippen molar-refractivity contribution in [2.24, 2.45) is 11.8 Å². The van der Waals surface area contributed by atoms with Gasteiger partial charge in [-0.2, -0.15) is 5.56 Å². The Bertz CT molecular complexity index is 1540. The number of rotatable bonds is 8. The van der Waals surface area contributed by atoms with Gasteiger partial charge in [-0.15, -0.1) is 6.08 Å². The number of halogens is 3. The van der Waals surface area contributed by atoms with E-state index in [1.54, 1.807) is 24.7 Å². The predicted molar refractivity (Wildman–Crippen MR) is 191 cm³/mol. The van der Waals surface area contributed by atoms with Gasteiger partial charge in [-0.3, -0.25) is 9.78 Å². The van der Waals surface area contributed by atoms with Crippen LogP contribution in [0.5, 0.6) is 0 Å². The number of Topliss-reactive ketones (excluding diaryl/α,β-unsaturated/α-hetero) is 1. The zero-order valence-electron chi connectivity index (χ0n) is 28.3. The molecule has 1 N–H and O–H groups in total. The first kappa shape index (κ1) is 42.6. The van der Waals surface area contributed by atoms with E-state index in [1.807, 2.05) is 19.1 Å². The molecule has 6 heterocycles. The number of aromatic nitrogens is 3. The third-order valence-electron chi connectivity index (χ3n) is 8.56. The molecule has 3 aromatic heterocycles. The predicted octanol–water partition coefficient (Wildman–Crippen LogP) is 8.43. The van der Waals surface area contributed by atoms with Crippen molar-refractivity contribution in [3.05, 3.63) is 91.7 Å². The zero-order valence-corrected chi connectivity index (χ0v) is 33.5. The Morgan fingerprint density at radius 3 is 1.78 bits per heavy atom. The first-order valence-electron chi connectivity index (χ1n) is 16.7. The Morgan fingerprint density at radius 1 is 0.800 bits per heavy atom. The van der Waals surface area contributed by atoms with E-state index in [-0.39, 0.29) is 49.2 Å². The van der Waals surface area contributed by atoms with Crippen LogP contribution in [-0.4, -0.2) is 71.5 Å². The molecule has 6 rings (SSSR count). The molecule has 0 aliphatic carbocycles. The number of pyridine rings is 3. The van der Waals surface area contributed by atoms with E-state index in [1.165, 1.54) is 5.57 Å². The number of carboxylic acid groups (broad SMARTS) is 1. The Kier molecular flexibility index (Phi) is 19.6. The maximum atomic E-state index is 11.7. The van der Waals surface area contributed by atoms with Gasteiger partial charge in [0.15, 0.2) is 5.78 Å². The number of carboxylic acids is 1. The van der Waals surface area contributed by atoms with Crippen LogP contribution in [0.3, 0.4) is 0 Å². The largest absolute Gasteiger partial charge is 0.478 e. The molecular formula is C37H43Cl3N3O6Y-. The molecule has 0 unspecified atom stereocenters. The molecule has 13 heteroatoms. The Hall–Kier alpha value is -1.82. The van der Waals surface area contributed by atoms with Crippen LogP contribution >= 0.6 is 34.8 Å². The molecule has 0 bridgehead atoms. The van der Waals surface area contributed by atoms with E-state index in [4.69, 9.17) is 54.1 Å². The third kappa shape index (κ3) is 14.7. The SMILES string of the molecule is CCC(=O)c1cc(CC2CCOCC2)cnc1Cl.Clc1[c-]cc(C=C2CCOCC2)cn1.O=C(O)c1cc(CC2CCOCC2)cnc1Cl.[Y]. The molecule has 1 radical (unpaired) electrons. The second kappa shape index (κ2) is 23.0. The molecule has 3 aliphatic heterocycles. The maximum Gasteiger partial charge on any atom is 0.338 e. The summed E-state index contributed by atoms with van der Waals surface area (Å²) < 4.78 is 15.9. The fraction of sp³-hybridized carbons (Fsp3) is 0.486. The summed E-state index contributed by atoms with van der Waals surface area (Å²) in [5.41, 5.74) is 5.14. The molecule has 0 saturated carbocycles. The first-order chi connectivity index (χ1) is 23.7. The van der Waals surface area contributed by atoms with Crippen molar-refractivity contribution in [3.63, 3.8) is 0 Å². The van der Waals surface area contributed by atoms with Crippen molar-refractivity contribution in [2.45, 2.75) is 64.7 Å². The summed E-state index contributed by atoms with van der Waals surface area (Å²) in [6.45, 7) is 6.75. The molecule has 3 aliphatic rings. The van der Waals surface area contributed by atoms with Crippen LogP contribution in [0.25, 0.3) is 6.08 Å². The fourth-order valence-corrected chi connectivity index (χ4v) is 6.25. The van der Waals surface area contributed by atoms with Crippen LogP contribution in [0.15, 0.2) is 42.4 Å².